The lowest BCUT2D eigenvalue weighted by molar-refractivity contribution is 0.126. The Kier molecular flexibility index (Phi) is 4.43. The Labute approximate surface area is 117 Å². The van der Waals surface area contributed by atoms with Gasteiger partial charge in [-0.2, -0.15) is 0 Å². The maximum absolute atomic E-state index is 9.49. The van der Waals surface area contributed by atoms with Crippen LogP contribution >= 0.6 is 23.8 Å². The summed E-state index contributed by atoms with van der Waals surface area (Å²) in [4.78, 5) is 0.343. The maximum atomic E-state index is 9.49. The quantitative estimate of drug-likeness (QED) is 0.747. The second-order valence-corrected chi connectivity index (χ2v) is 5.58. The molecule has 0 radical (unpaired) electrons. The van der Waals surface area contributed by atoms with E-state index in [1.54, 1.807) is 6.07 Å². The molecule has 1 aliphatic rings. The van der Waals surface area contributed by atoms with Gasteiger partial charge in [-0.05, 0) is 43.9 Å². The summed E-state index contributed by atoms with van der Waals surface area (Å²) in [5.74, 6) is 0. The lowest BCUT2D eigenvalue weighted by atomic mass is 9.93. The van der Waals surface area contributed by atoms with Gasteiger partial charge in [0, 0.05) is 22.3 Å². The highest BCUT2D eigenvalue weighted by Crippen LogP contribution is 2.26. The molecule has 1 aromatic rings. The molecule has 0 aliphatic heterocycles. The van der Waals surface area contributed by atoms with E-state index in [0.717, 1.165) is 36.9 Å². The summed E-state index contributed by atoms with van der Waals surface area (Å²) >= 11 is 11.0. The Bertz CT molecular complexity index is 445. The number of hydrogen-bond donors (Lipinski definition) is 3. The van der Waals surface area contributed by atoms with Gasteiger partial charge in [-0.1, -0.05) is 23.8 Å². The molecule has 0 bridgehead atoms. The molecule has 0 heterocycles. The highest BCUT2D eigenvalue weighted by atomic mass is 35.5. The van der Waals surface area contributed by atoms with E-state index in [0.29, 0.717) is 16.1 Å². The van der Waals surface area contributed by atoms with Crippen molar-refractivity contribution in [2.24, 2.45) is 5.73 Å². The van der Waals surface area contributed by atoms with E-state index in [-0.39, 0.29) is 6.10 Å². The number of nitrogens with two attached hydrogens (primary N) is 1. The smallest absolute Gasteiger partial charge is 0.106 e. The number of aliphatic hydroxyl groups excluding tert-OH is 1. The summed E-state index contributed by atoms with van der Waals surface area (Å²) in [7, 11) is 0. The fraction of sp³-hybridized carbons (Fsp3) is 0.462. The van der Waals surface area contributed by atoms with E-state index in [9.17, 15) is 5.11 Å². The third-order valence-corrected chi connectivity index (χ3v) is 3.76. The fourth-order valence-electron chi connectivity index (χ4n) is 2.29. The van der Waals surface area contributed by atoms with Crippen LogP contribution in [0.4, 0.5) is 5.69 Å². The maximum Gasteiger partial charge on any atom is 0.106 e. The summed E-state index contributed by atoms with van der Waals surface area (Å²) in [6.45, 7) is 0. The standard InChI is InChI=1S/C13H17ClN2OS/c14-8-1-6-12(11(7-8)13(15)18)16-9-2-4-10(17)5-3-9/h1,6-7,9-10,16-17H,2-5H2,(H2,15,18). The van der Waals surface area contributed by atoms with E-state index in [2.05, 4.69) is 5.32 Å². The molecule has 0 saturated heterocycles. The molecular weight excluding hydrogens is 268 g/mol. The van der Waals surface area contributed by atoms with Crippen LogP contribution in [-0.4, -0.2) is 22.2 Å². The molecule has 3 nitrogen and oxygen atoms in total. The molecule has 0 unspecified atom stereocenters. The number of anilines is 1. The van der Waals surface area contributed by atoms with Crippen LogP contribution in [0, 0.1) is 0 Å². The van der Waals surface area contributed by atoms with E-state index < -0.39 is 0 Å². The van der Waals surface area contributed by atoms with Crippen molar-refractivity contribution < 1.29 is 5.11 Å². The topological polar surface area (TPSA) is 58.3 Å². The SMILES string of the molecule is NC(=S)c1cc(Cl)ccc1NC1CCC(O)CC1. The van der Waals surface area contributed by atoms with Crippen LogP contribution in [0.15, 0.2) is 18.2 Å². The van der Waals surface area contributed by atoms with Crippen molar-refractivity contribution in [1.82, 2.24) is 0 Å². The van der Waals surface area contributed by atoms with Crippen molar-refractivity contribution in [2.75, 3.05) is 5.32 Å². The minimum atomic E-state index is -0.150. The van der Waals surface area contributed by atoms with Crippen LogP contribution in [0.5, 0.6) is 0 Å². The van der Waals surface area contributed by atoms with Crippen molar-refractivity contribution in [3.05, 3.63) is 28.8 Å². The Balaban J connectivity index is 2.11. The lowest BCUT2D eigenvalue weighted by Crippen LogP contribution is -2.29. The molecule has 0 atom stereocenters. The normalized spacial score (nSPS) is 23.7. The van der Waals surface area contributed by atoms with Gasteiger partial charge in [-0.3, -0.25) is 0 Å². The van der Waals surface area contributed by atoms with Gasteiger partial charge >= 0.3 is 0 Å². The van der Waals surface area contributed by atoms with Crippen molar-refractivity contribution in [2.45, 2.75) is 37.8 Å². The summed E-state index contributed by atoms with van der Waals surface area (Å²) in [5.41, 5.74) is 7.41. The predicted octanol–water partition coefficient (Wildman–Crippen LogP) is 2.69. The van der Waals surface area contributed by atoms with Gasteiger partial charge in [0.2, 0.25) is 0 Å². The highest BCUT2D eigenvalue weighted by molar-refractivity contribution is 7.80. The summed E-state index contributed by atoms with van der Waals surface area (Å²) in [6.07, 6.45) is 3.45. The number of rotatable bonds is 3. The highest BCUT2D eigenvalue weighted by Gasteiger charge is 2.20. The molecule has 1 aromatic carbocycles. The first-order valence-electron chi connectivity index (χ1n) is 6.10. The molecule has 1 fully saturated rings. The van der Waals surface area contributed by atoms with Crippen LogP contribution in [0.25, 0.3) is 0 Å². The van der Waals surface area contributed by atoms with E-state index in [1.807, 2.05) is 12.1 Å². The second-order valence-electron chi connectivity index (χ2n) is 4.70. The molecule has 0 spiro atoms. The number of nitrogens with one attached hydrogen (secondary N) is 1. The zero-order chi connectivity index (χ0) is 13.1. The summed E-state index contributed by atoms with van der Waals surface area (Å²) < 4.78 is 0. The van der Waals surface area contributed by atoms with Crippen molar-refractivity contribution in [3.63, 3.8) is 0 Å². The Hall–Kier alpha value is -0.840. The van der Waals surface area contributed by atoms with Gasteiger partial charge in [-0.25, -0.2) is 0 Å². The van der Waals surface area contributed by atoms with Gasteiger partial charge in [-0.15, -0.1) is 0 Å². The third kappa shape index (κ3) is 3.34. The van der Waals surface area contributed by atoms with Gasteiger partial charge in [0.05, 0.1) is 6.10 Å². The summed E-state index contributed by atoms with van der Waals surface area (Å²) in [5, 5.41) is 13.6. The van der Waals surface area contributed by atoms with Crippen LogP contribution in [-0.2, 0) is 0 Å². The molecule has 0 aromatic heterocycles. The number of hydrogen-bond acceptors (Lipinski definition) is 3. The van der Waals surface area contributed by atoms with Gasteiger partial charge < -0.3 is 16.2 Å². The molecule has 0 amide bonds. The predicted molar refractivity (Wildman–Crippen MR) is 79.2 cm³/mol. The van der Waals surface area contributed by atoms with E-state index >= 15 is 0 Å². The largest absolute Gasteiger partial charge is 0.393 e. The Morgan fingerprint density at radius 3 is 2.61 bits per heavy atom. The van der Waals surface area contributed by atoms with Crippen molar-refractivity contribution in [1.29, 1.82) is 0 Å². The van der Waals surface area contributed by atoms with E-state index in [1.165, 1.54) is 0 Å². The molecule has 4 N–H and O–H groups in total. The first-order chi connectivity index (χ1) is 8.56. The molecule has 2 rings (SSSR count). The fourth-order valence-corrected chi connectivity index (χ4v) is 2.63. The Morgan fingerprint density at radius 2 is 2.00 bits per heavy atom. The minimum absolute atomic E-state index is 0.150. The van der Waals surface area contributed by atoms with Gasteiger partial charge in [0.1, 0.15) is 4.99 Å². The molecule has 98 valence electrons. The lowest BCUT2D eigenvalue weighted by Gasteiger charge is -2.27. The van der Waals surface area contributed by atoms with E-state index in [4.69, 9.17) is 29.6 Å². The number of thiocarbonyl (C=S) groups is 1. The average Bonchev–Trinajstić information content (AvgIpc) is 2.34. The monoisotopic (exact) mass is 284 g/mol. The number of aliphatic hydroxyl groups is 1. The van der Waals surface area contributed by atoms with Gasteiger partial charge in [0.25, 0.3) is 0 Å². The van der Waals surface area contributed by atoms with Crippen molar-refractivity contribution in [3.8, 4) is 0 Å². The summed E-state index contributed by atoms with van der Waals surface area (Å²) in [6, 6.07) is 5.87. The second kappa shape index (κ2) is 5.87. The number of benzene rings is 1. The van der Waals surface area contributed by atoms with Crippen LogP contribution < -0.4 is 11.1 Å². The average molecular weight is 285 g/mol. The number of halogens is 1. The van der Waals surface area contributed by atoms with Crippen LogP contribution in [0.2, 0.25) is 5.02 Å². The molecule has 1 saturated carbocycles. The minimum Gasteiger partial charge on any atom is -0.393 e. The first-order valence-corrected chi connectivity index (χ1v) is 6.89. The zero-order valence-corrected chi connectivity index (χ0v) is 11.6. The molecular formula is C13H17ClN2OS. The van der Waals surface area contributed by atoms with Crippen LogP contribution in [0.3, 0.4) is 0 Å². The Morgan fingerprint density at radius 1 is 1.33 bits per heavy atom. The van der Waals surface area contributed by atoms with Crippen molar-refractivity contribution >= 4 is 34.5 Å². The molecule has 1 aliphatic carbocycles. The molecule has 18 heavy (non-hydrogen) atoms. The van der Waals surface area contributed by atoms with Crippen LogP contribution in [0.1, 0.15) is 31.2 Å². The molecule has 5 heteroatoms. The zero-order valence-electron chi connectivity index (χ0n) is 10.0. The van der Waals surface area contributed by atoms with Gasteiger partial charge in [0.15, 0.2) is 0 Å². The third-order valence-electron chi connectivity index (χ3n) is 3.30. The first kappa shape index (κ1) is 13.6.